The molecular formula is C21H26N4O4S. The van der Waals surface area contributed by atoms with E-state index in [4.69, 9.17) is 4.74 Å². The molecule has 8 nitrogen and oxygen atoms in total. The average molecular weight is 431 g/mol. The number of rotatable bonds is 7. The van der Waals surface area contributed by atoms with Crippen LogP contribution < -0.4 is 10.2 Å². The van der Waals surface area contributed by atoms with Gasteiger partial charge in [0.2, 0.25) is 10.0 Å². The van der Waals surface area contributed by atoms with Gasteiger partial charge in [-0.2, -0.15) is 9.41 Å². The molecule has 3 rings (SSSR count). The molecule has 1 heterocycles. The van der Waals surface area contributed by atoms with Crippen LogP contribution in [0.5, 0.6) is 5.75 Å². The Morgan fingerprint density at radius 1 is 1.13 bits per heavy atom. The third-order valence-corrected chi connectivity index (χ3v) is 6.77. The van der Waals surface area contributed by atoms with Crippen LogP contribution in [0.3, 0.4) is 0 Å². The summed E-state index contributed by atoms with van der Waals surface area (Å²) in [5, 5.41) is 3.97. The van der Waals surface area contributed by atoms with E-state index in [-0.39, 0.29) is 12.5 Å². The van der Waals surface area contributed by atoms with Gasteiger partial charge in [0.15, 0.2) is 0 Å². The van der Waals surface area contributed by atoms with Crippen molar-refractivity contribution in [2.75, 3.05) is 39.8 Å². The molecule has 1 aliphatic heterocycles. The van der Waals surface area contributed by atoms with E-state index in [0.29, 0.717) is 36.8 Å². The average Bonchev–Trinajstić information content (AvgIpc) is 2.74. The Bertz CT molecular complexity index is 998. The second-order valence-corrected chi connectivity index (χ2v) is 9.00. The lowest BCUT2D eigenvalue weighted by molar-refractivity contribution is -0.122. The second-order valence-electron chi connectivity index (χ2n) is 7.06. The summed E-state index contributed by atoms with van der Waals surface area (Å²) >= 11 is 0. The van der Waals surface area contributed by atoms with E-state index < -0.39 is 10.0 Å². The maximum absolute atomic E-state index is 12.7. The summed E-state index contributed by atoms with van der Waals surface area (Å²) in [4.78, 5) is 14.3. The van der Waals surface area contributed by atoms with Gasteiger partial charge in [-0.25, -0.2) is 13.8 Å². The molecule has 9 heteroatoms. The van der Waals surface area contributed by atoms with E-state index in [0.717, 1.165) is 11.1 Å². The van der Waals surface area contributed by atoms with E-state index in [1.807, 2.05) is 36.1 Å². The molecule has 0 spiro atoms. The van der Waals surface area contributed by atoms with Gasteiger partial charge in [0.05, 0.1) is 24.8 Å². The van der Waals surface area contributed by atoms with Gasteiger partial charge in [0, 0.05) is 26.2 Å². The highest BCUT2D eigenvalue weighted by atomic mass is 32.2. The number of piperazine rings is 1. The van der Waals surface area contributed by atoms with Crippen molar-refractivity contribution < 1.29 is 17.9 Å². The molecule has 30 heavy (non-hydrogen) atoms. The Morgan fingerprint density at radius 3 is 2.50 bits per heavy atom. The number of aryl methyl sites for hydroxylation is 1. The van der Waals surface area contributed by atoms with Crippen molar-refractivity contribution in [3.05, 3.63) is 59.7 Å². The SMILES string of the molecule is COc1cccc(/C=N/NC(=O)CN2CCN(S(=O)(=O)c3ccc(C)cc3)CC2)c1. The molecule has 0 unspecified atom stereocenters. The molecule has 160 valence electrons. The normalized spacial score (nSPS) is 15.9. The Kier molecular flexibility index (Phi) is 7.20. The van der Waals surface area contributed by atoms with Crippen molar-refractivity contribution in [1.29, 1.82) is 0 Å². The van der Waals surface area contributed by atoms with Crippen molar-refractivity contribution >= 4 is 22.1 Å². The summed E-state index contributed by atoms with van der Waals surface area (Å²) in [5.41, 5.74) is 4.33. The number of hydrogen-bond acceptors (Lipinski definition) is 6. The van der Waals surface area contributed by atoms with Gasteiger partial charge in [-0.05, 0) is 36.8 Å². The van der Waals surface area contributed by atoms with Crippen LogP contribution in [-0.4, -0.2) is 69.6 Å². The highest BCUT2D eigenvalue weighted by Crippen LogP contribution is 2.18. The van der Waals surface area contributed by atoms with Crippen LogP contribution in [-0.2, 0) is 14.8 Å². The van der Waals surface area contributed by atoms with Gasteiger partial charge in [-0.15, -0.1) is 0 Å². The van der Waals surface area contributed by atoms with Gasteiger partial charge in [-0.1, -0.05) is 29.8 Å². The maximum atomic E-state index is 12.7. The first kappa shape index (κ1) is 21.9. The molecular weight excluding hydrogens is 404 g/mol. The molecule has 2 aromatic carbocycles. The number of methoxy groups -OCH3 is 1. The molecule has 0 saturated carbocycles. The lowest BCUT2D eigenvalue weighted by atomic mass is 10.2. The summed E-state index contributed by atoms with van der Waals surface area (Å²) in [5.74, 6) is 0.465. The van der Waals surface area contributed by atoms with E-state index >= 15 is 0 Å². The lowest BCUT2D eigenvalue weighted by Gasteiger charge is -2.33. The van der Waals surface area contributed by atoms with Crippen LogP contribution in [0.25, 0.3) is 0 Å². The Balaban J connectivity index is 1.47. The summed E-state index contributed by atoms with van der Waals surface area (Å²) in [6.07, 6.45) is 1.55. The van der Waals surface area contributed by atoms with Crippen LogP contribution >= 0.6 is 0 Å². The first-order chi connectivity index (χ1) is 14.4. The van der Waals surface area contributed by atoms with Crippen molar-refractivity contribution in [2.45, 2.75) is 11.8 Å². The van der Waals surface area contributed by atoms with Crippen LogP contribution in [0.1, 0.15) is 11.1 Å². The van der Waals surface area contributed by atoms with E-state index in [2.05, 4.69) is 10.5 Å². The molecule has 0 atom stereocenters. The predicted octanol–water partition coefficient (Wildman–Crippen LogP) is 1.46. The number of benzene rings is 2. The number of amides is 1. The summed E-state index contributed by atoms with van der Waals surface area (Å²) in [6.45, 7) is 3.73. The third-order valence-electron chi connectivity index (χ3n) is 4.85. The van der Waals surface area contributed by atoms with Crippen LogP contribution in [0.2, 0.25) is 0 Å². The molecule has 0 aromatic heterocycles. The van der Waals surface area contributed by atoms with Crippen molar-refractivity contribution in [3.63, 3.8) is 0 Å². The highest BCUT2D eigenvalue weighted by Gasteiger charge is 2.28. The molecule has 1 amide bonds. The van der Waals surface area contributed by atoms with E-state index in [1.54, 1.807) is 37.6 Å². The van der Waals surface area contributed by atoms with Crippen molar-refractivity contribution in [1.82, 2.24) is 14.6 Å². The number of hydrogen-bond donors (Lipinski definition) is 1. The van der Waals surface area contributed by atoms with Crippen molar-refractivity contribution in [2.24, 2.45) is 5.10 Å². The lowest BCUT2D eigenvalue weighted by Crippen LogP contribution is -2.50. The maximum Gasteiger partial charge on any atom is 0.254 e. The smallest absolute Gasteiger partial charge is 0.254 e. The minimum atomic E-state index is -3.51. The van der Waals surface area contributed by atoms with E-state index in [1.165, 1.54) is 4.31 Å². The Morgan fingerprint density at radius 2 is 1.83 bits per heavy atom. The van der Waals surface area contributed by atoms with Crippen molar-refractivity contribution in [3.8, 4) is 5.75 Å². The number of nitrogens with zero attached hydrogens (tertiary/aromatic N) is 3. The van der Waals surface area contributed by atoms with Crippen LogP contribution in [0.15, 0.2) is 58.5 Å². The fourth-order valence-corrected chi connectivity index (χ4v) is 4.55. The fourth-order valence-electron chi connectivity index (χ4n) is 3.13. The topological polar surface area (TPSA) is 91.3 Å². The molecule has 0 aliphatic carbocycles. The Labute approximate surface area is 177 Å². The van der Waals surface area contributed by atoms with E-state index in [9.17, 15) is 13.2 Å². The molecule has 0 radical (unpaired) electrons. The minimum absolute atomic E-state index is 0.161. The summed E-state index contributed by atoms with van der Waals surface area (Å²) in [7, 11) is -1.92. The number of carbonyl (C=O) groups is 1. The molecule has 1 saturated heterocycles. The van der Waals surface area contributed by atoms with Gasteiger partial charge in [-0.3, -0.25) is 9.69 Å². The molecule has 1 fully saturated rings. The number of carbonyl (C=O) groups excluding carboxylic acids is 1. The number of nitrogens with one attached hydrogen (secondary N) is 1. The third kappa shape index (κ3) is 5.65. The second kappa shape index (κ2) is 9.84. The summed E-state index contributed by atoms with van der Waals surface area (Å²) < 4.78 is 32.1. The first-order valence-corrected chi connectivity index (χ1v) is 11.1. The minimum Gasteiger partial charge on any atom is -0.497 e. The Hall–Kier alpha value is -2.75. The number of sulfonamides is 1. The van der Waals surface area contributed by atoms with Crippen LogP contribution in [0.4, 0.5) is 0 Å². The monoisotopic (exact) mass is 430 g/mol. The zero-order chi connectivity index (χ0) is 21.6. The quantitative estimate of drug-likeness (QED) is 0.531. The van der Waals surface area contributed by atoms with Crippen LogP contribution in [0, 0.1) is 6.92 Å². The zero-order valence-corrected chi connectivity index (χ0v) is 17.9. The molecule has 1 N–H and O–H groups in total. The van der Waals surface area contributed by atoms with Gasteiger partial charge in [0.1, 0.15) is 5.75 Å². The number of hydrazone groups is 1. The number of ether oxygens (including phenoxy) is 1. The molecule has 0 bridgehead atoms. The van der Waals surface area contributed by atoms with Gasteiger partial charge >= 0.3 is 0 Å². The first-order valence-electron chi connectivity index (χ1n) is 9.63. The molecule has 2 aromatic rings. The predicted molar refractivity (Wildman–Crippen MR) is 115 cm³/mol. The fraction of sp³-hybridized carbons (Fsp3) is 0.333. The molecule has 1 aliphatic rings. The summed E-state index contributed by atoms with van der Waals surface area (Å²) in [6, 6.07) is 14.2. The zero-order valence-electron chi connectivity index (χ0n) is 17.1. The standard InChI is InChI=1S/C21H26N4O4S/c1-17-6-8-20(9-7-17)30(27,28)25-12-10-24(11-13-25)16-21(26)23-22-15-18-4-3-5-19(14-18)29-2/h3-9,14-15H,10-13,16H2,1-2H3,(H,23,26)/b22-15+. The largest absolute Gasteiger partial charge is 0.497 e. The van der Waals surface area contributed by atoms with Gasteiger partial charge in [0.25, 0.3) is 5.91 Å². The van der Waals surface area contributed by atoms with Gasteiger partial charge < -0.3 is 4.74 Å². The highest BCUT2D eigenvalue weighted by molar-refractivity contribution is 7.89.